The van der Waals surface area contributed by atoms with Crippen LogP contribution in [0.15, 0.2) is 140 Å². The topological polar surface area (TPSA) is 38.7 Å². The predicted octanol–water partition coefficient (Wildman–Crippen LogP) is 11.2. The van der Waals surface area contributed by atoms with Crippen LogP contribution in [0.3, 0.4) is 0 Å². The van der Waals surface area contributed by atoms with Crippen molar-refractivity contribution in [3.05, 3.63) is 162 Å². The van der Waals surface area contributed by atoms with Crippen LogP contribution in [0.25, 0.3) is 67.5 Å². The molecule has 7 aromatic rings. The molecule has 2 aliphatic carbocycles. The zero-order valence-electron chi connectivity index (χ0n) is 27.6. The van der Waals surface area contributed by atoms with Gasteiger partial charge >= 0.3 is 0 Å². The van der Waals surface area contributed by atoms with Crippen LogP contribution in [0.1, 0.15) is 49.9 Å². The number of hydrogen-bond donors (Lipinski definition) is 0. The van der Waals surface area contributed by atoms with Crippen molar-refractivity contribution in [3.63, 3.8) is 0 Å². The SMILES string of the molecule is CC1(C)c2ccccc2-c2cc3c(cc21)-c1ccc(-c2cccc(-c4nc(-c5ccccc5)nc(-c5ccccc5)n4)c2)cc1C3(C)C. The summed E-state index contributed by atoms with van der Waals surface area (Å²) in [6.07, 6.45) is 0. The lowest BCUT2D eigenvalue weighted by atomic mass is 9.79. The number of benzene rings is 6. The molecule has 0 amide bonds. The van der Waals surface area contributed by atoms with Crippen molar-refractivity contribution in [2.24, 2.45) is 0 Å². The van der Waals surface area contributed by atoms with Crippen molar-refractivity contribution in [2.75, 3.05) is 0 Å². The molecule has 9 rings (SSSR count). The molecule has 1 aromatic heterocycles. The Kier molecular flexibility index (Phi) is 6.20. The summed E-state index contributed by atoms with van der Waals surface area (Å²) in [6.45, 7) is 9.47. The zero-order chi connectivity index (χ0) is 32.6. The van der Waals surface area contributed by atoms with Gasteiger partial charge in [-0.05, 0) is 79.9 Å². The van der Waals surface area contributed by atoms with Crippen LogP contribution in [0.2, 0.25) is 0 Å². The van der Waals surface area contributed by atoms with Crippen molar-refractivity contribution in [3.8, 4) is 67.5 Å². The number of fused-ring (bicyclic) bond motifs is 6. The average Bonchev–Trinajstić information content (AvgIpc) is 3.50. The maximum absolute atomic E-state index is 4.98. The second kappa shape index (κ2) is 10.4. The number of rotatable bonds is 4. The maximum atomic E-state index is 4.98. The van der Waals surface area contributed by atoms with Crippen LogP contribution < -0.4 is 0 Å². The van der Waals surface area contributed by atoms with Gasteiger partial charge in [0.1, 0.15) is 0 Å². The van der Waals surface area contributed by atoms with Gasteiger partial charge in [-0.2, -0.15) is 0 Å². The Morgan fingerprint density at radius 1 is 0.312 bits per heavy atom. The van der Waals surface area contributed by atoms with E-state index in [0.29, 0.717) is 17.5 Å². The van der Waals surface area contributed by atoms with E-state index in [1.807, 2.05) is 60.7 Å². The number of nitrogens with zero attached hydrogens (tertiary/aromatic N) is 3. The first kappa shape index (κ1) is 28.5. The molecule has 0 radical (unpaired) electrons. The second-order valence-corrected chi connectivity index (χ2v) is 14.1. The monoisotopic (exact) mass is 617 g/mol. The summed E-state index contributed by atoms with van der Waals surface area (Å²) >= 11 is 0. The fraction of sp³-hybridized carbons (Fsp3) is 0.133. The van der Waals surface area contributed by atoms with E-state index < -0.39 is 0 Å². The molecule has 6 aromatic carbocycles. The lowest BCUT2D eigenvalue weighted by molar-refractivity contribution is 0.652. The zero-order valence-corrected chi connectivity index (χ0v) is 27.6. The molecule has 48 heavy (non-hydrogen) atoms. The van der Waals surface area contributed by atoms with Crippen LogP contribution in [-0.4, -0.2) is 15.0 Å². The van der Waals surface area contributed by atoms with E-state index in [-0.39, 0.29) is 10.8 Å². The molecule has 0 saturated heterocycles. The molecular formula is C45H35N3. The molecule has 0 fully saturated rings. The fourth-order valence-electron chi connectivity index (χ4n) is 7.88. The van der Waals surface area contributed by atoms with Crippen LogP contribution in [-0.2, 0) is 10.8 Å². The van der Waals surface area contributed by atoms with Crippen molar-refractivity contribution < 1.29 is 0 Å². The van der Waals surface area contributed by atoms with Crippen LogP contribution >= 0.6 is 0 Å². The number of hydrogen-bond acceptors (Lipinski definition) is 3. The lowest BCUT2D eigenvalue weighted by Crippen LogP contribution is -2.17. The average molecular weight is 618 g/mol. The Balaban J connectivity index is 1.13. The van der Waals surface area contributed by atoms with E-state index in [4.69, 9.17) is 15.0 Å². The van der Waals surface area contributed by atoms with Crippen LogP contribution in [0.4, 0.5) is 0 Å². The number of aromatic nitrogens is 3. The molecule has 0 saturated carbocycles. The highest BCUT2D eigenvalue weighted by molar-refractivity contribution is 5.90. The van der Waals surface area contributed by atoms with Gasteiger partial charge in [0.15, 0.2) is 17.5 Å². The van der Waals surface area contributed by atoms with Gasteiger partial charge in [0.05, 0.1) is 0 Å². The summed E-state index contributed by atoms with van der Waals surface area (Å²) in [6, 6.07) is 49.7. The molecule has 0 spiro atoms. The van der Waals surface area contributed by atoms with Crippen LogP contribution in [0.5, 0.6) is 0 Å². The molecule has 0 aliphatic heterocycles. The molecule has 0 N–H and O–H groups in total. The normalized spacial score (nSPS) is 14.6. The Hall–Kier alpha value is -5.67. The summed E-state index contributed by atoms with van der Waals surface area (Å²) in [5.74, 6) is 2.00. The highest BCUT2D eigenvalue weighted by Crippen LogP contribution is 2.56. The third-order valence-electron chi connectivity index (χ3n) is 10.5. The third-order valence-corrected chi connectivity index (χ3v) is 10.5. The molecule has 230 valence electrons. The molecule has 3 heteroatoms. The molecule has 0 unspecified atom stereocenters. The summed E-state index contributed by atoms with van der Waals surface area (Å²) < 4.78 is 0. The quantitative estimate of drug-likeness (QED) is 0.197. The standard InChI is InChI=1S/C45H35N3/c1-44(2)37-21-12-11-20-33(37)35-26-40-36(27-39(35)44)34-23-22-31(25-38(34)45(40,3)4)30-18-13-19-32(24-30)43-47-41(28-14-7-5-8-15-28)46-42(48-43)29-16-9-6-10-17-29/h5-27H,1-4H3. The second-order valence-electron chi connectivity index (χ2n) is 14.1. The van der Waals surface area contributed by atoms with Gasteiger partial charge in [-0.25, -0.2) is 15.0 Å². The van der Waals surface area contributed by atoms with E-state index in [9.17, 15) is 0 Å². The van der Waals surface area contributed by atoms with Gasteiger partial charge < -0.3 is 0 Å². The van der Waals surface area contributed by atoms with Gasteiger partial charge in [-0.15, -0.1) is 0 Å². The highest BCUT2D eigenvalue weighted by atomic mass is 15.0. The molecule has 3 nitrogen and oxygen atoms in total. The minimum absolute atomic E-state index is 0.0238. The van der Waals surface area contributed by atoms with E-state index >= 15 is 0 Å². The lowest BCUT2D eigenvalue weighted by Gasteiger charge is -2.24. The first-order valence-corrected chi connectivity index (χ1v) is 16.7. The molecule has 1 heterocycles. The molecule has 0 bridgehead atoms. The third kappa shape index (κ3) is 4.31. The van der Waals surface area contributed by atoms with Crippen molar-refractivity contribution in [2.45, 2.75) is 38.5 Å². The van der Waals surface area contributed by atoms with E-state index in [0.717, 1.165) is 22.3 Å². The fourth-order valence-corrected chi connectivity index (χ4v) is 7.88. The minimum atomic E-state index is -0.127. The van der Waals surface area contributed by atoms with E-state index in [1.165, 1.54) is 50.1 Å². The van der Waals surface area contributed by atoms with Gasteiger partial charge in [0.2, 0.25) is 0 Å². The summed E-state index contributed by atoms with van der Waals surface area (Å²) in [5.41, 5.74) is 16.1. The summed E-state index contributed by atoms with van der Waals surface area (Å²) in [5, 5.41) is 0. The smallest absolute Gasteiger partial charge is 0.164 e. The highest BCUT2D eigenvalue weighted by Gasteiger charge is 2.41. The van der Waals surface area contributed by atoms with Gasteiger partial charge in [-0.3, -0.25) is 0 Å². The van der Waals surface area contributed by atoms with E-state index in [1.54, 1.807) is 0 Å². The molecule has 0 atom stereocenters. The largest absolute Gasteiger partial charge is 0.208 e. The first-order valence-electron chi connectivity index (χ1n) is 16.7. The Morgan fingerprint density at radius 3 is 1.38 bits per heavy atom. The summed E-state index contributed by atoms with van der Waals surface area (Å²) in [7, 11) is 0. The van der Waals surface area contributed by atoms with Crippen molar-refractivity contribution in [1.82, 2.24) is 15.0 Å². The summed E-state index contributed by atoms with van der Waals surface area (Å²) in [4.78, 5) is 14.8. The van der Waals surface area contributed by atoms with Gasteiger partial charge in [0, 0.05) is 27.5 Å². The molecular weight excluding hydrogens is 583 g/mol. The molecule has 2 aliphatic rings. The van der Waals surface area contributed by atoms with E-state index in [2.05, 4.69) is 107 Å². The Bertz CT molecular complexity index is 2330. The van der Waals surface area contributed by atoms with Crippen molar-refractivity contribution in [1.29, 1.82) is 0 Å². The van der Waals surface area contributed by atoms with Gasteiger partial charge in [-0.1, -0.05) is 143 Å². The first-order chi connectivity index (χ1) is 23.3. The Labute approximate surface area is 282 Å². The van der Waals surface area contributed by atoms with Gasteiger partial charge in [0.25, 0.3) is 0 Å². The Morgan fingerprint density at radius 2 is 0.750 bits per heavy atom. The minimum Gasteiger partial charge on any atom is -0.208 e. The van der Waals surface area contributed by atoms with Crippen molar-refractivity contribution >= 4 is 0 Å². The van der Waals surface area contributed by atoms with Crippen LogP contribution in [0, 0.1) is 0 Å². The predicted molar refractivity (Wildman–Crippen MR) is 197 cm³/mol. The maximum Gasteiger partial charge on any atom is 0.164 e.